The molecular weight excluding hydrogens is 380 g/mol. The van der Waals surface area contributed by atoms with Crippen molar-refractivity contribution < 1.29 is 27.7 Å². The Morgan fingerprint density at radius 1 is 0.966 bits per heavy atom. The van der Waals surface area contributed by atoms with Crippen molar-refractivity contribution >= 4 is 0 Å². The van der Waals surface area contributed by atoms with E-state index in [-0.39, 0.29) is 12.6 Å². The van der Waals surface area contributed by atoms with E-state index in [4.69, 9.17) is 18.9 Å². The molecule has 0 spiro atoms. The first-order chi connectivity index (χ1) is 14.1. The molecule has 2 aromatic carbocycles. The molecule has 0 saturated carbocycles. The Morgan fingerprint density at radius 2 is 1.72 bits per heavy atom. The molecule has 0 aromatic heterocycles. The number of hydrogen-bond donors (Lipinski definition) is 0. The highest BCUT2D eigenvalue weighted by atomic mass is 19.2. The van der Waals surface area contributed by atoms with E-state index in [0.29, 0.717) is 35.9 Å². The lowest BCUT2D eigenvalue weighted by Gasteiger charge is -2.27. The summed E-state index contributed by atoms with van der Waals surface area (Å²) in [6, 6.07) is 7.96. The lowest BCUT2D eigenvalue weighted by molar-refractivity contribution is 0.0671. The molecule has 1 aliphatic rings. The maximum atomic E-state index is 14.3. The van der Waals surface area contributed by atoms with Crippen molar-refractivity contribution in [2.75, 3.05) is 34.5 Å². The van der Waals surface area contributed by atoms with Crippen molar-refractivity contribution in [2.24, 2.45) is 0 Å². The third-order valence-corrected chi connectivity index (χ3v) is 5.09. The van der Waals surface area contributed by atoms with Gasteiger partial charge < -0.3 is 18.9 Å². The highest BCUT2D eigenvalue weighted by Crippen LogP contribution is 2.40. The van der Waals surface area contributed by atoms with Gasteiger partial charge in [-0.1, -0.05) is 18.2 Å². The summed E-state index contributed by atoms with van der Waals surface area (Å²) in [5, 5.41) is 0. The molecule has 1 heterocycles. The zero-order valence-electron chi connectivity index (χ0n) is 17.0. The van der Waals surface area contributed by atoms with Gasteiger partial charge in [0.2, 0.25) is 5.75 Å². The molecule has 5 nitrogen and oxygen atoms in total. The lowest BCUT2D eigenvalue weighted by atomic mass is 10.1. The van der Waals surface area contributed by atoms with Gasteiger partial charge >= 0.3 is 0 Å². The molecule has 2 aromatic rings. The van der Waals surface area contributed by atoms with Crippen LogP contribution in [0.25, 0.3) is 0 Å². The third-order valence-electron chi connectivity index (χ3n) is 5.09. The van der Waals surface area contributed by atoms with Crippen LogP contribution in [-0.4, -0.2) is 45.5 Å². The van der Waals surface area contributed by atoms with Crippen molar-refractivity contribution in [1.82, 2.24) is 4.90 Å². The van der Waals surface area contributed by atoms with Crippen LogP contribution in [0.15, 0.2) is 30.3 Å². The fourth-order valence-electron chi connectivity index (χ4n) is 3.70. The molecule has 1 saturated heterocycles. The number of halogens is 2. The standard InChI is InChI=1S/C22H27F2NO4/c1-26-19-10-9-16(21(27-2)22(19)28-3)13-25(14-17-7-5-11-29-17)12-15-6-4-8-18(23)20(15)24/h4,6,8-10,17H,5,7,11-14H2,1-3H3. The molecule has 29 heavy (non-hydrogen) atoms. The first-order valence-corrected chi connectivity index (χ1v) is 9.62. The monoisotopic (exact) mass is 407 g/mol. The van der Waals surface area contributed by atoms with E-state index >= 15 is 0 Å². The van der Waals surface area contributed by atoms with Gasteiger partial charge in [0, 0.05) is 37.4 Å². The summed E-state index contributed by atoms with van der Waals surface area (Å²) in [6.07, 6.45) is 2.02. The molecular formula is C22H27F2NO4. The van der Waals surface area contributed by atoms with E-state index < -0.39 is 11.6 Å². The molecule has 0 bridgehead atoms. The zero-order valence-corrected chi connectivity index (χ0v) is 17.0. The lowest BCUT2D eigenvalue weighted by Crippen LogP contribution is -2.32. The number of methoxy groups -OCH3 is 3. The molecule has 0 aliphatic carbocycles. The van der Waals surface area contributed by atoms with Crippen molar-refractivity contribution in [2.45, 2.75) is 32.0 Å². The van der Waals surface area contributed by atoms with Gasteiger partial charge in [-0.05, 0) is 25.0 Å². The van der Waals surface area contributed by atoms with Crippen LogP contribution in [-0.2, 0) is 17.8 Å². The fourth-order valence-corrected chi connectivity index (χ4v) is 3.70. The predicted molar refractivity (Wildman–Crippen MR) is 106 cm³/mol. The summed E-state index contributed by atoms with van der Waals surface area (Å²) in [6.45, 7) is 2.04. The van der Waals surface area contributed by atoms with Crippen LogP contribution in [0.2, 0.25) is 0 Å². The van der Waals surface area contributed by atoms with Crippen molar-refractivity contribution in [3.8, 4) is 17.2 Å². The Hall–Kier alpha value is -2.38. The maximum Gasteiger partial charge on any atom is 0.203 e. The molecule has 0 amide bonds. The second-order valence-corrected chi connectivity index (χ2v) is 7.01. The smallest absolute Gasteiger partial charge is 0.203 e. The summed E-state index contributed by atoms with van der Waals surface area (Å²) < 4.78 is 50.1. The SMILES string of the molecule is COc1ccc(CN(Cc2cccc(F)c2F)CC2CCCO2)c(OC)c1OC. The highest BCUT2D eigenvalue weighted by molar-refractivity contribution is 5.55. The van der Waals surface area contributed by atoms with E-state index in [2.05, 4.69) is 0 Å². The Morgan fingerprint density at radius 3 is 2.38 bits per heavy atom. The van der Waals surface area contributed by atoms with Gasteiger partial charge in [0.05, 0.1) is 27.4 Å². The van der Waals surface area contributed by atoms with Crippen LogP contribution in [0.4, 0.5) is 8.78 Å². The van der Waals surface area contributed by atoms with Crippen LogP contribution >= 0.6 is 0 Å². The first kappa shape index (κ1) is 21.3. The number of hydrogen-bond acceptors (Lipinski definition) is 5. The number of rotatable bonds is 9. The van der Waals surface area contributed by atoms with Gasteiger partial charge in [0.25, 0.3) is 0 Å². The average molecular weight is 407 g/mol. The fraction of sp³-hybridized carbons (Fsp3) is 0.455. The summed E-state index contributed by atoms with van der Waals surface area (Å²) in [7, 11) is 4.68. The van der Waals surface area contributed by atoms with Crippen LogP contribution in [0, 0.1) is 11.6 Å². The van der Waals surface area contributed by atoms with Crippen molar-refractivity contribution in [3.63, 3.8) is 0 Å². The second-order valence-electron chi connectivity index (χ2n) is 7.01. The second kappa shape index (κ2) is 9.89. The topological polar surface area (TPSA) is 40.2 Å². The Bertz CT molecular complexity index is 825. The normalized spacial score (nSPS) is 16.3. The van der Waals surface area contributed by atoms with Crippen LogP contribution in [0.3, 0.4) is 0 Å². The Kier molecular flexibility index (Phi) is 7.28. The third kappa shape index (κ3) is 4.97. The van der Waals surface area contributed by atoms with Crippen LogP contribution in [0.5, 0.6) is 17.2 Å². The molecule has 3 rings (SSSR count). The van der Waals surface area contributed by atoms with E-state index in [0.717, 1.165) is 31.1 Å². The first-order valence-electron chi connectivity index (χ1n) is 9.62. The van der Waals surface area contributed by atoms with Gasteiger partial charge in [-0.2, -0.15) is 0 Å². The van der Waals surface area contributed by atoms with Gasteiger partial charge in [-0.15, -0.1) is 0 Å². The summed E-state index contributed by atoms with van der Waals surface area (Å²) >= 11 is 0. The molecule has 0 N–H and O–H groups in total. The van der Waals surface area contributed by atoms with E-state index in [9.17, 15) is 8.78 Å². The molecule has 7 heteroatoms. The van der Waals surface area contributed by atoms with Gasteiger partial charge in [-0.25, -0.2) is 8.78 Å². The molecule has 158 valence electrons. The Labute approximate surface area is 170 Å². The van der Waals surface area contributed by atoms with E-state index in [1.165, 1.54) is 6.07 Å². The molecule has 1 fully saturated rings. The van der Waals surface area contributed by atoms with E-state index in [1.54, 1.807) is 27.4 Å². The molecule has 1 unspecified atom stereocenters. The minimum absolute atomic E-state index is 0.0674. The Balaban J connectivity index is 1.89. The van der Waals surface area contributed by atoms with Crippen LogP contribution < -0.4 is 14.2 Å². The van der Waals surface area contributed by atoms with Crippen molar-refractivity contribution in [1.29, 1.82) is 0 Å². The molecule has 1 aliphatic heterocycles. The van der Waals surface area contributed by atoms with Crippen LogP contribution in [0.1, 0.15) is 24.0 Å². The van der Waals surface area contributed by atoms with E-state index in [1.807, 2.05) is 17.0 Å². The quantitative estimate of drug-likeness (QED) is 0.624. The maximum absolute atomic E-state index is 14.3. The minimum atomic E-state index is -0.844. The summed E-state index contributed by atoms with van der Waals surface area (Å²) in [5.74, 6) is -0.0345. The predicted octanol–water partition coefficient (Wildman–Crippen LogP) is 4.17. The summed E-state index contributed by atoms with van der Waals surface area (Å²) in [4.78, 5) is 2.04. The van der Waals surface area contributed by atoms with Gasteiger partial charge in [0.15, 0.2) is 23.1 Å². The largest absolute Gasteiger partial charge is 0.493 e. The number of nitrogens with zero attached hydrogens (tertiary/aromatic N) is 1. The molecule has 0 radical (unpaired) electrons. The number of ether oxygens (including phenoxy) is 4. The minimum Gasteiger partial charge on any atom is -0.493 e. The highest BCUT2D eigenvalue weighted by Gasteiger charge is 2.23. The van der Waals surface area contributed by atoms with Crippen molar-refractivity contribution in [3.05, 3.63) is 53.1 Å². The zero-order chi connectivity index (χ0) is 20.8. The van der Waals surface area contributed by atoms with Gasteiger partial charge in [0.1, 0.15) is 0 Å². The average Bonchev–Trinajstić information content (AvgIpc) is 3.23. The molecule has 1 atom stereocenters. The number of benzene rings is 2. The summed E-state index contributed by atoms with van der Waals surface area (Å²) in [5.41, 5.74) is 1.17. The van der Waals surface area contributed by atoms with Gasteiger partial charge in [-0.3, -0.25) is 4.90 Å².